The fourth-order valence-corrected chi connectivity index (χ4v) is 5.06. The second-order valence-corrected chi connectivity index (χ2v) is 8.57. The summed E-state index contributed by atoms with van der Waals surface area (Å²) in [6, 6.07) is 13.2. The molecule has 1 aliphatic rings. The Labute approximate surface area is 163 Å². The number of carbonyl (C=O) groups is 1. The molecule has 0 saturated heterocycles. The number of carbonyl (C=O) groups excluding carboxylic acids is 1. The maximum Gasteiger partial charge on any atom is 0.253 e. The lowest BCUT2D eigenvalue weighted by atomic mass is 10.1. The van der Waals surface area contributed by atoms with Crippen LogP contribution in [0.3, 0.4) is 0 Å². The number of nitrogens with zero attached hydrogens (tertiary/aromatic N) is 3. The van der Waals surface area contributed by atoms with Gasteiger partial charge in [-0.05, 0) is 40.7 Å². The Kier molecular flexibility index (Phi) is 5.05. The molecular formula is C18H15N3O2S3. The van der Waals surface area contributed by atoms with Crippen LogP contribution < -0.4 is 4.73 Å². The molecule has 0 aliphatic carbocycles. The molecule has 3 aromatic rings. The second kappa shape index (κ2) is 7.61. The van der Waals surface area contributed by atoms with Crippen molar-refractivity contribution in [3.8, 4) is 0 Å². The van der Waals surface area contributed by atoms with Crippen LogP contribution in [0.4, 0.5) is 0 Å². The van der Waals surface area contributed by atoms with Crippen molar-refractivity contribution >= 4 is 46.1 Å². The topological polar surface area (TPSA) is 59.6 Å². The molecule has 5 nitrogen and oxygen atoms in total. The smallest absolute Gasteiger partial charge is 0.253 e. The van der Waals surface area contributed by atoms with Gasteiger partial charge in [0, 0.05) is 23.4 Å². The Morgan fingerprint density at radius 2 is 2.08 bits per heavy atom. The average molecular weight is 402 g/mol. The lowest BCUT2D eigenvalue weighted by Gasteiger charge is -2.20. The Bertz CT molecular complexity index is 923. The number of pyridine rings is 1. The lowest BCUT2D eigenvalue weighted by molar-refractivity contribution is -0.645. The molecule has 0 fully saturated rings. The third kappa shape index (κ3) is 3.53. The second-order valence-electron chi connectivity index (χ2n) is 5.65. The molecule has 26 heavy (non-hydrogen) atoms. The van der Waals surface area contributed by atoms with E-state index in [1.807, 2.05) is 35.0 Å². The van der Waals surface area contributed by atoms with Crippen molar-refractivity contribution in [1.29, 1.82) is 0 Å². The summed E-state index contributed by atoms with van der Waals surface area (Å²) in [4.78, 5) is 15.1. The van der Waals surface area contributed by atoms with E-state index in [1.54, 1.807) is 45.9 Å². The van der Waals surface area contributed by atoms with Crippen molar-refractivity contribution in [1.82, 2.24) is 5.01 Å². The molecule has 4 heterocycles. The van der Waals surface area contributed by atoms with Crippen molar-refractivity contribution in [2.45, 2.75) is 17.5 Å². The van der Waals surface area contributed by atoms with Crippen LogP contribution >= 0.6 is 34.4 Å². The number of hydrazone groups is 1. The van der Waals surface area contributed by atoms with E-state index < -0.39 is 0 Å². The number of amides is 1. The van der Waals surface area contributed by atoms with Gasteiger partial charge in [0.2, 0.25) is 0 Å². The molecule has 0 radical (unpaired) electrons. The van der Waals surface area contributed by atoms with Crippen molar-refractivity contribution in [3.63, 3.8) is 0 Å². The van der Waals surface area contributed by atoms with Gasteiger partial charge >= 0.3 is 0 Å². The minimum absolute atomic E-state index is 0.0738. The lowest BCUT2D eigenvalue weighted by Crippen LogP contribution is -2.31. The molecule has 0 saturated carbocycles. The number of aromatic nitrogens is 1. The van der Waals surface area contributed by atoms with E-state index >= 15 is 0 Å². The number of hydrogen-bond donors (Lipinski definition) is 0. The van der Waals surface area contributed by atoms with E-state index in [0.29, 0.717) is 11.4 Å². The van der Waals surface area contributed by atoms with Crippen molar-refractivity contribution < 1.29 is 9.52 Å². The monoisotopic (exact) mass is 401 g/mol. The molecule has 1 atom stereocenters. The zero-order valence-corrected chi connectivity index (χ0v) is 16.1. The van der Waals surface area contributed by atoms with E-state index in [1.165, 1.54) is 18.0 Å². The molecule has 4 rings (SSSR count). The molecule has 0 unspecified atom stereocenters. The highest BCUT2D eigenvalue weighted by Crippen LogP contribution is 2.36. The minimum Gasteiger partial charge on any atom is -0.618 e. The van der Waals surface area contributed by atoms with Crippen LogP contribution in [-0.4, -0.2) is 22.4 Å². The van der Waals surface area contributed by atoms with E-state index in [9.17, 15) is 10.0 Å². The summed E-state index contributed by atoms with van der Waals surface area (Å²) in [7, 11) is 0. The zero-order chi connectivity index (χ0) is 17.9. The molecule has 0 N–H and O–H groups in total. The standard InChI is InChI=1S/C18H15N3O2S3/c22-17(12-26-18-7-1-2-8-20(18)23)21-14(16-6-4-10-25-16)11-13(19-21)15-5-3-9-24-15/h1-10,14H,11-12H2/t14-/m1/s1. The summed E-state index contributed by atoms with van der Waals surface area (Å²) in [5.41, 5.74) is 0.940. The predicted molar refractivity (Wildman–Crippen MR) is 106 cm³/mol. The van der Waals surface area contributed by atoms with Crippen LogP contribution in [0, 0.1) is 5.21 Å². The van der Waals surface area contributed by atoms with Gasteiger partial charge in [0.25, 0.3) is 10.9 Å². The molecule has 1 amide bonds. The van der Waals surface area contributed by atoms with Crippen LogP contribution in [0.5, 0.6) is 0 Å². The summed E-state index contributed by atoms with van der Waals surface area (Å²) in [6.07, 6.45) is 2.15. The minimum atomic E-state index is -0.0937. The summed E-state index contributed by atoms with van der Waals surface area (Å²) < 4.78 is 0.777. The Morgan fingerprint density at radius 1 is 1.23 bits per heavy atom. The number of thiophene rings is 2. The van der Waals surface area contributed by atoms with Gasteiger partial charge in [0.15, 0.2) is 6.20 Å². The van der Waals surface area contributed by atoms with Crippen LogP contribution in [0.2, 0.25) is 0 Å². The van der Waals surface area contributed by atoms with Crippen LogP contribution in [0.15, 0.2) is 69.5 Å². The van der Waals surface area contributed by atoms with Gasteiger partial charge in [-0.1, -0.05) is 12.1 Å². The third-order valence-corrected chi connectivity index (χ3v) is 6.87. The fourth-order valence-electron chi connectivity index (χ4n) is 2.76. The third-order valence-electron chi connectivity index (χ3n) is 3.98. The Morgan fingerprint density at radius 3 is 2.81 bits per heavy atom. The van der Waals surface area contributed by atoms with E-state index in [0.717, 1.165) is 20.2 Å². The summed E-state index contributed by atoms with van der Waals surface area (Å²) in [6.45, 7) is 0. The maximum atomic E-state index is 12.8. The van der Waals surface area contributed by atoms with Crippen LogP contribution in [0.1, 0.15) is 22.2 Å². The highest BCUT2D eigenvalue weighted by molar-refractivity contribution is 7.99. The van der Waals surface area contributed by atoms with Gasteiger partial charge in [-0.2, -0.15) is 9.83 Å². The number of hydrogen-bond acceptors (Lipinski definition) is 6. The SMILES string of the molecule is O=C(CSc1cccc[n+]1[O-])N1N=C(c2cccs2)C[C@@H]1c1cccs1. The molecule has 1 aliphatic heterocycles. The average Bonchev–Trinajstić information content (AvgIpc) is 3.41. The predicted octanol–water partition coefficient (Wildman–Crippen LogP) is 3.91. The van der Waals surface area contributed by atoms with Gasteiger partial charge in [0.1, 0.15) is 0 Å². The van der Waals surface area contributed by atoms with Crippen molar-refractivity contribution in [2.24, 2.45) is 5.10 Å². The van der Waals surface area contributed by atoms with E-state index in [4.69, 9.17) is 0 Å². The maximum absolute atomic E-state index is 12.8. The summed E-state index contributed by atoms with van der Waals surface area (Å²) in [5, 5.41) is 22.5. The number of thioether (sulfide) groups is 1. The number of rotatable bonds is 5. The first-order chi connectivity index (χ1) is 12.7. The Balaban J connectivity index is 1.54. The van der Waals surface area contributed by atoms with E-state index in [-0.39, 0.29) is 17.7 Å². The highest BCUT2D eigenvalue weighted by atomic mass is 32.2. The van der Waals surface area contributed by atoms with Gasteiger partial charge in [0.05, 0.1) is 22.4 Å². The largest absolute Gasteiger partial charge is 0.618 e. The van der Waals surface area contributed by atoms with Gasteiger partial charge in [-0.15, -0.1) is 22.7 Å². The molecule has 0 spiro atoms. The molecule has 3 aromatic heterocycles. The molecule has 0 bridgehead atoms. The first-order valence-corrected chi connectivity index (χ1v) is 10.7. The normalized spacial score (nSPS) is 16.7. The van der Waals surface area contributed by atoms with E-state index in [2.05, 4.69) is 5.10 Å². The van der Waals surface area contributed by atoms with Crippen LogP contribution in [0.25, 0.3) is 0 Å². The van der Waals surface area contributed by atoms with Crippen molar-refractivity contribution in [2.75, 3.05) is 5.75 Å². The zero-order valence-electron chi connectivity index (χ0n) is 13.6. The van der Waals surface area contributed by atoms with Gasteiger partial charge in [-0.25, -0.2) is 5.01 Å². The van der Waals surface area contributed by atoms with Gasteiger partial charge < -0.3 is 5.21 Å². The van der Waals surface area contributed by atoms with Gasteiger partial charge in [-0.3, -0.25) is 4.79 Å². The van der Waals surface area contributed by atoms with Crippen LogP contribution in [-0.2, 0) is 4.79 Å². The highest BCUT2D eigenvalue weighted by Gasteiger charge is 2.34. The van der Waals surface area contributed by atoms with Crippen molar-refractivity contribution in [3.05, 3.63) is 74.4 Å². The molecular weight excluding hydrogens is 386 g/mol. The quantitative estimate of drug-likeness (QED) is 0.370. The molecule has 0 aromatic carbocycles. The first kappa shape index (κ1) is 17.3. The first-order valence-electron chi connectivity index (χ1n) is 8.00. The molecule has 132 valence electrons. The fraction of sp³-hybridized carbons (Fsp3) is 0.167. The summed E-state index contributed by atoms with van der Waals surface area (Å²) in [5.74, 6) is 0.0822. The molecule has 8 heteroatoms. The summed E-state index contributed by atoms with van der Waals surface area (Å²) >= 11 is 4.50. The Hall–Kier alpha value is -2.16.